The molecule has 12 heavy (non-hydrogen) atoms. The molecule has 0 fully saturated rings. The van der Waals surface area contributed by atoms with Gasteiger partial charge in [-0.2, -0.15) is 0 Å². The topological polar surface area (TPSA) is 3.24 Å². The van der Waals surface area contributed by atoms with Crippen LogP contribution < -0.4 is 0 Å². The third kappa shape index (κ3) is 2.00. The van der Waals surface area contributed by atoms with Crippen molar-refractivity contribution in [2.24, 2.45) is 0 Å². The molecule has 1 heteroatoms. The highest BCUT2D eigenvalue weighted by atomic mass is 15.1. The lowest BCUT2D eigenvalue weighted by Gasteiger charge is -2.22. The van der Waals surface area contributed by atoms with Gasteiger partial charge >= 0.3 is 0 Å². The second-order valence-corrected chi connectivity index (χ2v) is 3.16. The van der Waals surface area contributed by atoms with Gasteiger partial charge in [0.1, 0.15) is 0 Å². The minimum absolute atomic E-state index is 1.17. The summed E-state index contributed by atoms with van der Waals surface area (Å²) in [6.07, 6.45) is 11.0. The van der Waals surface area contributed by atoms with Crippen molar-refractivity contribution in [3.05, 3.63) is 35.7 Å². The summed E-state index contributed by atoms with van der Waals surface area (Å²) in [6.45, 7) is 4.22. The summed E-state index contributed by atoms with van der Waals surface area (Å²) in [5.41, 5.74) is 2.83. The molecule has 0 amide bonds. The molecule has 0 saturated carbocycles. The quantitative estimate of drug-likeness (QED) is 0.604. The van der Waals surface area contributed by atoms with Crippen LogP contribution in [-0.4, -0.2) is 11.9 Å². The third-order valence-corrected chi connectivity index (χ3v) is 2.17. The second kappa shape index (κ2) is 4.15. The molecular weight excluding hydrogens is 146 g/mol. The molecule has 0 aliphatic heterocycles. The van der Waals surface area contributed by atoms with E-state index in [9.17, 15) is 0 Å². The number of hydrogen-bond acceptors (Lipinski definition) is 1. The molecule has 0 aromatic rings. The van der Waals surface area contributed by atoms with Crippen molar-refractivity contribution in [3.63, 3.8) is 0 Å². The Kier molecular flexibility index (Phi) is 3.15. The molecule has 0 N–H and O–H groups in total. The lowest BCUT2D eigenvalue weighted by molar-refractivity contribution is 0.528. The maximum atomic E-state index is 2.24. The molecule has 66 valence electrons. The minimum Gasteiger partial charge on any atom is -0.355 e. The lowest BCUT2D eigenvalue weighted by atomic mass is 10.0. The maximum absolute atomic E-state index is 2.24. The van der Waals surface area contributed by atoms with E-state index < -0.39 is 0 Å². The Bertz CT molecular complexity index is 233. The number of rotatable bonds is 2. The van der Waals surface area contributed by atoms with E-state index in [0.717, 1.165) is 0 Å². The fourth-order valence-corrected chi connectivity index (χ4v) is 1.54. The normalized spacial score (nSPS) is 17.6. The highest BCUT2D eigenvalue weighted by Crippen LogP contribution is 2.20. The summed E-state index contributed by atoms with van der Waals surface area (Å²) in [4.78, 5) is 2.21. The summed E-state index contributed by atoms with van der Waals surface area (Å²) in [6, 6.07) is 0. The van der Waals surface area contributed by atoms with Crippen LogP contribution in [0.5, 0.6) is 0 Å². The van der Waals surface area contributed by atoms with E-state index in [1.165, 1.54) is 24.1 Å². The van der Waals surface area contributed by atoms with E-state index in [-0.39, 0.29) is 0 Å². The van der Waals surface area contributed by atoms with E-state index in [1.807, 2.05) is 6.92 Å². The van der Waals surface area contributed by atoms with Crippen LogP contribution in [0.25, 0.3) is 0 Å². The van der Waals surface area contributed by atoms with Crippen molar-refractivity contribution in [1.82, 2.24) is 4.90 Å². The van der Waals surface area contributed by atoms with Crippen LogP contribution in [0.15, 0.2) is 35.7 Å². The van der Waals surface area contributed by atoms with Gasteiger partial charge in [-0.3, -0.25) is 0 Å². The molecule has 0 atom stereocenters. The van der Waals surface area contributed by atoms with Crippen LogP contribution in [0, 0.1) is 0 Å². The molecule has 0 spiro atoms. The first-order valence-corrected chi connectivity index (χ1v) is 4.47. The molecule has 0 radical (unpaired) electrons. The van der Waals surface area contributed by atoms with Gasteiger partial charge in [0.15, 0.2) is 0 Å². The van der Waals surface area contributed by atoms with Crippen LogP contribution >= 0.6 is 0 Å². The molecule has 1 aliphatic rings. The van der Waals surface area contributed by atoms with Crippen molar-refractivity contribution in [1.29, 1.82) is 0 Å². The first kappa shape index (κ1) is 9.11. The molecule has 0 aromatic carbocycles. The Hall–Kier alpha value is -0.980. The fraction of sp³-hybridized carbons (Fsp3) is 0.455. The Labute approximate surface area is 75.1 Å². The van der Waals surface area contributed by atoms with Gasteiger partial charge in [-0.15, -0.1) is 0 Å². The average molecular weight is 163 g/mol. The van der Waals surface area contributed by atoms with Crippen LogP contribution in [0.4, 0.5) is 0 Å². The highest BCUT2D eigenvalue weighted by Gasteiger charge is 2.06. The number of allylic oxidation sites excluding steroid dienone is 5. The van der Waals surface area contributed by atoms with Crippen molar-refractivity contribution in [3.8, 4) is 0 Å². The van der Waals surface area contributed by atoms with Gasteiger partial charge in [0.25, 0.3) is 0 Å². The van der Waals surface area contributed by atoms with Crippen LogP contribution in [0.2, 0.25) is 0 Å². The van der Waals surface area contributed by atoms with E-state index in [0.29, 0.717) is 0 Å². The van der Waals surface area contributed by atoms with Crippen LogP contribution in [0.1, 0.15) is 26.7 Å². The Balaban J connectivity index is 2.78. The summed E-state index contributed by atoms with van der Waals surface area (Å²) >= 11 is 0. The Morgan fingerprint density at radius 1 is 1.50 bits per heavy atom. The fourth-order valence-electron chi connectivity index (χ4n) is 1.54. The molecule has 0 bridgehead atoms. The van der Waals surface area contributed by atoms with Gasteiger partial charge < -0.3 is 4.90 Å². The van der Waals surface area contributed by atoms with Crippen LogP contribution in [0.3, 0.4) is 0 Å². The maximum Gasteiger partial charge on any atom is 0.0203 e. The molecule has 0 unspecified atom stereocenters. The van der Waals surface area contributed by atoms with Crippen molar-refractivity contribution in [2.75, 3.05) is 7.05 Å². The lowest BCUT2D eigenvalue weighted by Crippen LogP contribution is -2.12. The first-order chi connectivity index (χ1) is 5.75. The zero-order valence-corrected chi connectivity index (χ0v) is 8.17. The number of nitrogens with zero attached hydrogens (tertiary/aromatic N) is 1. The van der Waals surface area contributed by atoms with E-state index in [4.69, 9.17) is 0 Å². The van der Waals surface area contributed by atoms with E-state index in [1.54, 1.807) is 0 Å². The van der Waals surface area contributed by atoms with E-state index >= 15 is 0 Å². The average Bonchev–Trinajstić information content (AvgIpc) is 2.05. The second-order valence-electron chi connectivity index (χ2n) is 3.16. The van der Waals surface area contributed by atoms with Crippen molar-refractivity contribution >= 4 is 0 Å². The first-order valence-electron chi connectivity index (χ1n) is 4.47. The molecule has 1 rings (SSSR count). The predicted molar refractivity (Wildman–Crippen MR) is 53.7 cm³/mol. The van der Waals surface area contributed by atoms with Gasteiger partial charge in [0.05, 0.1) is 0 Å². The van der Waals surface area contributed by atoms with Gasteiger partial charge in [-0.25, -0.2) is 0 Å². The largest absolute Gasteiger partial charge is 0.355 e. The number of hydrogen-bond donors (Lipinski definition) is 0. The van der Waals surface area contributed by atoms with Gasteiger partial charge in [0.2, 0.25) is 0 Å². The zero-order chi connectivity index (χ0) is 8.97. The predicted octanol–water partition coefficient (Wildman–Crippen LogP) is 3.08. The minimum atomic E-state index is 1.17. The molecule has 1 nitrogen and oxygen atoms in total. The molecule has 0 saturated heterocycles. The summed E-state index contributed by atoms with van der Waals surface area (Å²) in [7, 11) is 2.11. The zero-order valence-electron chi connectivity index (χ0n) is 8.17. The van der Waals surface area contributed by atoms with Crippen molar-refractivity contribution < 1.29 is 0 Å². The SMILES string of the molecule is C/C=C/N(C)C1=C(C)C=CCC1. The smallest absolute Gasteiger partial charge is 0.0203 e. The third-order valence-electron chi connectivity index (χ3n) is 2.17. The summed E-state index contributed by atoms with van der Waals surface area (Å²) in [5.74, 6) is 0. The van der Waals surface area contributed by atoms with Gasteiger partial charge in [-0.05, 0) is 38.5 Å². The molecule has 0 aromatic heterocycles. The standard InChI is InChI=1S/C11H17N/c1-4-9-12(3)11-8-6-5-7-10(11)2/h4-5,7,9H,6,8H2,1-3H3/b9-4+. The van der Waals surface area contributed by atoms with E-state index in [2.05, 4.69) is 43.3 Å². The molecular formula is C11H17N. The Morgan fingerprint density at radius 2 is 2.25 bits per heavy atom. The van der Waals surface area contributed by atoms with Gasteiger partial charge in [0, 0.05) is 12.7 Å². The van der Waals surface area contributed by atoms with Crippen molar-refractivity contribution in [2.45, 2.75) is 26.7 Å². The monoisotopic (exact) mass is 163 g/mol. The van der Waals surface area contributed by atoms with Gasteiger partial charge in [-0.1, -0.05) is 18.2 Å². The summed E-state index contributed by atoms with van der Waals surface area (Å²) < 4.78 is 0. The highest BCUT2D eigenvalue weighted by molar-refractivity contribution is 5.27. The molecule has 0 heterocycles. The molecule has 1 aliphatic carbocycles. The Morgan fingerprint density at radius 3 is 2.83 bits per heavy atom. The summed E-state index contributed by atoms with van der Waals surface area (Å²) in [5, 5.41) is 0. The van der Waals surface area contributed by atoms with Crippen LogP contribution in [-0.2, 0) is 0 Å².